The second-order valence-electron chi connectivity index (χ2n) is 5.77. The largest absolute Gasteiger partial charge is 0.454 e. The fraction of sp³-hybridized carbons (Fsp3) is 0.176. The van der Waals surface area contributed by atoms with Crippen LogP contribution in [0, 0.1) is 10.1 Å². The van der Waals surface area contributed by atoms with E-state index in [1.54, 1.807) is 24.3 Å². The van der Waals surface area contributed by atoms with E-state index >= 15 is 0 Å². The highest BCUT2D eigenvalue weighted by Crippen LogP contribution is 2.43. The lowest BCUT2D eigenvalue weighted by Crippen LogP contribution is -2.25. The Bertz CT molecular complexity index is 993. The number of hydrazone groups is 1. The fourth-order valence-corrected chi connectivity index (χ4v) is 3.00. The van der Waals surface area contributed by atoms with E-state index in [-0.39, 0.29) is 29.7 Å². The van der Waals surface area contributed by atoms with Crippen molar-refractivity contribution in [2.24, 2.45) is 5.10 Å². The number of amides is 1. The fourth-order valence-electron chi connectivity index (χ4n) is 2.81. The number of hydrogen-bond donors (Lipinski definition) is 0. The molecule has 0 bridgehead atoms. The standard InChI is InChI=1S/C17H12ClN3O6/c1-9(22)20-17(27-16(19-20)10-3-2-4-11(18)5-10)12-6-14-15(26-8-25-14)7-13(12)21(23)24/h2-7,17H,8H2,1H3/t17-/m1/s1. The topological polar surface area (TPSA) is 104 Å². The molecular formula is C17H12ClN3O6. The van der Waals surface area contributed by atoms with E-state index in [0.29, 0.717) is 16.3 Å². The Morgan fingerprint density at radius 1 is 1.30 bits per heavy atom. The van der Waals surface area contributed by atoms with Crippen LogP contribution in [-0.2, 0) is 9.53 Å². The molecule has 2 aliphatic heterocycles. The van der Waals surface area contributed by atoms with Gasteiger partial charge < -0.3 is 14.2 Å². The second-order valence-corrected chi connectivity index (χ2v) is 6.21. The van der Waals surface area contributed by atoms with Gasteiger partial charge in [0.25, 0.3) is 5.69 Å². The lowest BCUT2D eigenvalue weighted by molar-refractivity contribution is -0.386. The Morgan fingerprint density at radius 3 is 2.70 bits per heavy atom. The Hall–Kier alpha value is -3.33. The van der Waals surface area contributed by atoms with Gasteiger partial charge in [0.2, 0.25) is 24.8 Å². The van der Waals surface area contributed by atoms with Crippen molar-refractivity contribution in [2.45, 2.75) is 13.2 Å². The summed E-state index contributed by atoms with van der Waals surface area (Å²) in [7, 11) is 0. The SMILES string of the molecule is CC(=O)N1N=C(c2cccc(Cl)c2)O[C@@H]1c1cc2c(cc1[N+](=O)[O-])OCO2. The van der Waals surface area contributed by atoms with Gasteiger partial charge in [0, 0.05) is 23.6 Å². The van der Waals surface area contributed by atoms with Gasteiger partial charge in [0.15, 0.2) is 11.5 Å². The third kappa shape index (κ3) is 3.02. The Kier molecular flexibility index (Phi) is 4.08. The number of rotatable bonds is 3. The number of carbonyl (C=O) groups excluding carboxylic acids is 1. The molecular weight excluding hydrogens is 378 g/mol. The molecule has 0 N–H and O–H groups in total. The first kappa shape index (κ1) is 17.1. The van der Waals surface area contributed by atoms with E-state index in [9.17, 15) is 14.9 Å². The van der Waals surface area contributed by atoms with E-state index in [4.69, 9.17) is 25.8 Å². The van der Waals surface area contributed by atoms with Gasteiger partial charge in [0.05, 0.1) is 16.6 Å². The summed E-state index contributed by atoms with van der Waals surface area (Å²) in [4.78, 5) is 23.0. The highest BCUT2D eigenvalue weighted by Gasteiger charge is 2.39. The van der Waals surface area contributed by atoms with Gasteiger partial charge in [-0.1, -0.05) is 17.7 Å². The van der Waals surface area contributed by atoms with Crippen molar-refractivity contribution in [1.82, 2.24) is 5.01 Å². The van der Waals surface area contributed by atoms with Crippen LogP contribution in [0.5, 0.6) is 11.5 Å². The summed E-state index contributed by atoms with van der Waals surface area (Å²) in [6.07, 6.45) is -1.12. The van der Waals surface area contributed by atoms with Crippen LogP contribution in [0.25, 0.3) is 0 Å². The predicted octanol–water partition coefficient (Wildman–Crippen LogP) is 3.22. The molecule has 0 radical (unpaired) electrons. The van der Waals surface area contributed by atoms with Gasteiger partial charge in [-0.25, -0.2) is 0 Å². The number of hydrogen-bond acceptors (Lipinski definition) is 7. The van der Waals surface area contributed by atoms with Gasteiger partial charge in [-0.15, -0.1) is 5.10 Å². The molecule has 0 saturated heterocycles. The quantitative estimate of drug-likeness (QED) is 0.589. The lowest BCUT2D eigenvalue weighted by Gasteiger charge is -2.19. The van der Waals surface area contributed by atoms with Gasteiger partial charge in [0.1, 0.15) is 0 Å². The Labute approximate surface area is 157 Å². The summed E-state index contributed by atoms with van der Waals surface area (Å²) in [6.45, 7) is 1.25. The van der Waals surface area contributed by atoms with Crippen molar-refractivity contribution in [2.75, 3.05) is 6.79 Å². The summed E-state index contributed by atoms with van der Waals surface area (Å²) in [5.74, 6) is 0.279. The van der Waals surface area contributed by atoms with E-state index in [1.165, 1.54) is 19.1 Å². The number of ether oxygens (including phenoxy) is 3. The van der Waals surface area contributed by atoms with E-state index in [0.717, 1.165) is 5.01 Å². The average molecular weight is 390 g/mol. The summed E-state index contributed by atoms with van der Waals surface area (Å²) in [5.41, 5.74) is 0.401. The van der Waals surface area contributed by atoms with Gasteiger partial charge in [-0.2, -0.15) is 5.01 Å². The van der Waals surface area contributed by atoms with Crippen molar-refractivity contribution >= 4 is 29.1 Å². The lowest BCUT2D eigenvalue weighted by atomic mass is 10.1. The molecule has 2 aromatic carbocycles. The van der Waals surface area contributed by atoms with Gasteiger partial charge in [-0.3, -0.25) is 14.9 Å². The average Bonchev–Trinajstić information content (AvgIpc) is 3.27. The molecule has 1 amide bonds. The minimum absolute atomic E-state index is 0.0395. The van der Waals surface area contributed by atoms with Crippen molar-refractivity contribution in [3.05, 3.63) is 62.7 Å². The van der Waals surface area contributed by atoms with E-state index < -0.39 is 17.1 Å². The van der Waals surface area contributed by atoms with Crippen LogP contribution >= 0.6 is 11.6 Å². The zero-order chi connectivity index (χ0) is 19.1. The molecule has 2 heterocycles. The first-order chi connectivity index (χ1) is 12.9. The van der Waals surface area contributed by atoms with Crippen molar-refractivity contribution in [1.29, 1.82) is 0 Å². The van der Waals surface area contributed by atoms with Crippen molar-refractivity contribution in [3.63, 3.8) is 0 Å². The molecule has 1 atom stereocenters. The molecule has 27 heavy (non-hydrogen) atoms. The van der Waals surface area contributed by atoms with E-state index in [2.05, 4.69) is 5.10 Å². The van der Waals surface area contributed by atoms with Crippen LogP contribution in [-0.4, -0.2) is 28.5 Å². The van der Waals surface area contributed by atoms with Gasteiger partial charge in [-0.05, 0) is 18.2 Å². The Morgan fingerprint density at radius 2 is 2.04 bits per heavy atom. The summed E-state index contributed by atoms with van der Waals surface area (Å²) in [6, 6.07) is 9.39. The molecule has 0 aromatic heterocycles. The number of benzene rings is 2. The molecule has 9 nitrogen and oxygen atoms in total. The summed E-state index contributed by atoms with van der Waals surface area (Å²) >= 11 is 6.00. The van der Waals surface area contributed by atoms with Crippen LogP contribution < -0.4 is 9.47 Å². The summed E-state index contributed by atoms with van der Waals surface area (Å²) in [5, 5.41) is 17.2. The monoisotopic (exact) mass is 389 g/mol. The third-order valence-electron chi connectivity index (χ3n) is 4.02. The molecule has 10 heteroatoms. The van der Waals surface area contributed by atoms with Gasteiger partial charge >= 0.3 is 0 Å². The maximum atomic E-state index is 12.1. The van der Waals surface area contributed by atoms with Crippen molar-refractivity contribution < 1.29 is 23.9 Å². The zero-order valence-electron chi connectivity index (χ0n) is 13.9. The van der Waals surface area contributed by atoms with Crippen LogP contribution in [0.3, 0.4) is 0 Å². The maximum Gasteiger partial charge on any atom is 0.282 e. The smallest absolute Gasteiger partial charge is 0.282 e. The molecule has 2 aliphatic rings. The first-order valence-corrected chi connectivity index (χ1v) is 8.21. The number of nitro benzene ring substituents is 1. The zero-order valence-corrected chi connectivity index (χ0v) is 14.7. The highest BCUT2D eigenvalue weighted by atomic mass is 35.5. The Balaban J connectivity index is 1.78. The minimum Gasteiger partial charge on any atom is -0.454 e. The maximum absolute atomic E-state index is 12.1. The number of halogens is 1. The highest BCUT2D eigenvalue weighted by molar-refractivity contribution is 6.31. The van der Waals surface area contributed by atoms with Crippen LogP contribution in [0.4, 0.5) is 5.69 Å². The normalized spacial score (nSPS) is 17.5. The second kappa shape index (κ2) is 6.44. The number of fused-ring (bicyclic) bond motifs is 1. The minimum atomic E-state index is -1.12. The first-order valence-electron chi connectivity index (χ1n) is 7.83. The van der Waals surface area contributed by atoms with Crippen LogP contribution in [0.15, 0.2) is 41.5 Å². The van der Waals surface area contributed by atoms with Crippen molar-refractivity contribution in [3.8, 4) is 11.5 Å². The molecule has 2 aromatic rings. The predicted molar refractivity (Wildman–Crippen MR) is 93.6 cm³/mol. The number of nitrogens with zero attached hydrogens (tertiary/aromatic N) is 3. The molecule has 0 aliphatic carbocycles. The molecule has 138 valence electrons. The number of carbonyl (C=O) groups is 1. The molecule has 0 spiro atoms. The molecule has 4 rings (SSSR count). The van der Waals surface area contributed by atoms with Crippen LogP contribution in [0.2, 0.25) is 5.02 Å². The summed E-state index contributed by atoms with van der Waals surface area (Å²) < 4.78 is 16.3. The van der Waals surface area contributed by atoms with Crippen LogP contribution in [0.1, 0.15) is 24.3 Å². The molecule has 0 unspecified atom stereocenters. The van der Waals surface area contributed by atoms with E-state index in [1.807, 2.05) is 0 Å². The third-order valence-corrected chi connectivity index (χ3v) is 4.26. The molecule has 0 saturated carbocycles. The number of nitro groups is 1. The molecule has 0 fully saturated rings.